The van der Waals surface area contributed by atoms with Gasteiger partial charge in [0.2, 0.25) is 5.91 Å². The van der Waals surface area contributed by atoms with Gasteiger partial charge in [-0.05, 0) is 36.2 Å². The van der Waals surface area contributed by atoms with E-state index in [2.05, 4.69) is 5.32 Å². The highest BCUT2D eigenvalue weighted by Crippen LogP contribution is 2.14. The van der Waals surface area contributed by atoms with E-state index in [1.165, 1.54) is 11.8 Å². The van der Waals surface area contributed by atoms with E-state index in [0.29, 0.717) is 23.7 Å². The molecule has 0 heterocycles. The number of thioether (sulfide) groups is 1. The third kappa shape index (κ3) is 6.08. The highest BCUT2D eigenvalue weighted by atomic mass is 32.2. The molecule has 0 bridgehead atoms. The van der Waals surface area contributed by atoms with Crippen LogP contribution in [0.15, 0.2) is 54.6 Å². The normalized spacial score (nSPS) is 10.2. The van der Waals surface area contributed by atoms with Crippen molar-refractivity contribution in [2.75, 3.05) is 17.7 Å². The van der Waals surface area contributed by atoms with Crippen LogP contribution in [-0.4, -0.2) is 24.2 Å². The number of nitrogens with one attached hydrogen (secondary N) is 1. The zero-order valence-corrected chi connectivity index (χ0v) is 14.5. The Morgan fingerprint density at radius 2 is 1.75 bits per heavy atom. The Morgan fingerprint density at radius 3 is 2.42 bits per heavy atom. The second-order valence-electron chi connectivity index (χ2n) is 5.24. The Bertz CT molecular complexity index is 656. The van der Waals surface area contributed by atoms with Gasteiger partial charge in [-0.25, -0.2) is 4.79 Å². The number of benzene rings is 2. The van der Waals surface area contributed by atoms with Crippen molar-refractivity contribution in [1.29, 1.82) is 0 Å². The summed E-state index contributed by atoms with van der Waals surface area (Å²) < 4.78 is 5.09. The molecule has 0 aliphatic carbocycles. The maximum Gasteiger partial charge on any atom is 0.338 e. The number of para-hydroxylation sites is 1. The third-order valence-electron chi connectivity index (χ3n) is 3.19. The predicted octanol–water partition coefficient (Wildman–Crippen LogP) is 4.13. The van der Waals surface area contributed by atoms with Crippen molar-refractivity contribution in [2.45, 2.75) is 19.1 Å². The second kappa shape index (κ2) is 9.78. The number of esters is 1. The molecule has 0 aliphatic heterocycles. The molecule has 126 valence electrons. The first kappa shape index (κ1) is 18.1. The van der Waals surface area contributed by atoms with Gasteiger partial charge in [0.05, 0.1) is 17.9 Å². The van der Waals surface area contributed by atoms with Crippen molar-refractivity contribution in [1.82, 2.24) is 0 Å². The average Bonchev–Trinajstić information content (AvgIpc) is 2.61. The molecule has 2 aromatic carbocycles. The fourth-order valence-electron chi connectivity index (χ4n) is 2.00. The molecule has 0 aliphatic rings. The fourth-order valence-corrected chi connectivity index (χ4v) is 2.78. The summed E-state index contributed by atoms with van der Waals surface area (Å²) in [4.78, 5) is 23.6. The summed E-state index contributed by atoms with van der Waals surface area (Å²) in [6.07, 6.45) is 0.811. The molecule has 0 radical (unpaired) electrons. The second-order valence-corrected chi connectivity index (χ2v) is 6.23. The summed E-state index contributed by atoms with van der Waals surface area (Å²) in [5.41, 5.74) is 2.43. The molecule has 0 spiro atoms. The van der Waals surface area contributed by atoms with Crippen LogP contribution in [0.25, 0.3) is 0 Å². The van der Waals surface area contributed by atoms with Crippen LogP contribution in [0.3, 0.4) is 0 Å². The molecule has 2 rings (SSSR count). The molecule has 0 unspecified atom stereocenters. The fraction of sp³-hybridized carbons (Fsp3) is 0.263. The lowest BCUT2D eigenvalue weighted by molar-refractivity contribution is -0.113. The largest absolute Gasteiger partial charge is 0.462 e. The monoisotopic (exact) mass is 343 g/mol. The molecular weight excluding hydrogens is 322 g/mol. The molecule has 0 saturated carbocycles. The van der Waals surface area contributed by atoms with Crippen LogP contribution in [0, 0.1) is 0 Å². The average molecular weight is 343 g/mol. The van der Waals surface area contributed by atoms with Crippen molar-refractivity contribution in [3.8, 4) is 0 Å². The summed E-state index contributed by atoms with van der Waals surface area (Å²) in [6.45, 7) is 2.40. The Balaban J connectivity index is 1.74. The van der Waals surface area contributed by atoms with E-state index in [1.807, 2.05) is 49.4 Å². The Kier molecular flexibility index (Phi) is 7.36. The van der Waals surface area contributed by atoms with Crippen LogP contribution in [0.5, 0.6) is 0 Å². The van der Waals surface area contributed by atoms with E-state index in [1.54, 1.807) is 12.1 Å². The van der Waals surface area contributed by atoms with Gasteiger partial charge in [-0.1, -0.05) is 37.3 Å². The molecule has 5 heteroatoms. The first-order valence-electron chi connectivity index (χ1n) is 7.87. The van der Waals surface area contributed by atoms with Gasteiger partial charge < -0.3 is 10.1 Å². The predicted molar refractivity (Wildman–Crippen MR) is 98.2 cm³/mol. The summed E-state index contributed by atoms with van der Waals surface area (Å²) in [5, 5.41) is 2.85. The lowest BCUT2D eigenvalue weighted by Crippen LogP contribution is -2.14. The molecule has 1 amide bonds. The van der Waals surface area contributed by atoms with Crippen molar-refractivity contribution < 1.29 is 14.3 Å². The highest BCUT2D eigenvalue weighted by molar-refractivity contribution is 7.99. The van der Waals surface area contributed by atoms with Gasteiger partial charge in [-0.3, -0.25) is 4.79 Å². The molecule has 0 atom stereocenters. The maximum atomic E-state index is 11.9. The van der Waals surface area contributed by atoms with Crippen molar-refractivity contribution >= 4 is 29.3 Å². The summed E-state index contributed by atoms with van der Waals surface area (Å²) in [5.74, 6) is 0.783. The molecule has 1 N–H and O–H groups in total. The minimum absolute atomic E-state index is 0.0223. The maximum absolute atomic E-state index is 11.9. The molecule has 2 aromatic rings. The van der Waals surface area contributed by atoms with E-state index in [4.69, 9.17) is 4.74 Å². The molecule has 0 aromatic heterocycles. The Labute approximate surface area is 146 Å². The van der Waals surface area contributed by atoms with Crippen LogP contribution >= 0.6 is 11.8 Å². The van der Waals surface area contributed by atoms with E-state index in [0.717, 1.165) is 17.7 Å². The number of ether oxygens (including phenoxy) is 1. The first-order chi connectivity index (χ1) is 11.7. The minimum atomic E-state index is -0.293. The third-order valence-corrected chi connectivity index (χ3v) is 4.19. The standard InChI is InChI=1S/C19H21NO3S/c1-2-12-23-19(22)16-10-8-15(9-11-16)13-24-14-18(21)20-17-6-4-3-5-7-17/h3-11H,2,12-14H2,1H3,(H,20,21). The summed E-state index contributed by atoms with van der Waals surface area (Å²) in [7, 11) is 0. The topological polar surface area (TPSA) is 55.4 Å². The van der Waals surface area contributed by atoms with Crippen molar-refractivity contribution in [3.63, 3.8) is 0 Å². The number of hydrogen-bond donors (Lipinski definition) is 1. The van der Waals surface area contributed by atoms with Gasteiger partial charge >= 0.3 is 5.97 Å². The number of amides is 1. The van der Waals surface area contributed by atoms with Crippen LogP contribution in [-0.2, 0) is 15.3 Å². The summed E-state index contributed by atoms with van der Waals surface area (Å²) in [6, 6.07) is 16.7. The van der Waals surface area contributed by atoms with Gasteiger partial charge in [0.1, 0.15) is 0 Å². The molecule has 4 nitrogen and oxygen atoms in total. The molecular formula is C19H21NO3S. The van der Waals surface area contributed by atoms with Gasteiger partial charge in [0, 0.05) is 11.4 Å². The Morgan fingerprint density at radius 1 is 1.04 bits per heavy atom. The SMILES string of the molecule is CCCOC(=O)c1ccc(CSCC(=O)Nc2ccccc2)cc1. The van der Waals surface area contributed by atoms with Crippen molar-refractivity contribution in [2.24, 2.45) is 0 Å². The van der Waals surface area contributed by atoms with E-state index in [-0.39, 0.29) is 11.9 Å². The number of carbonyl (C=O) groups is 2. The summed E-state index contributed by atoms with van der Waals surface area (Å²) >= 11 is 1.53. The number of carbonyl (C=O) groups excluding carboxylic acids is 2. The van der Waals surface area contributed by atoms with Gasteiger partial charge in [-0.2, -0.15) is 0 Å². The number of rotatable bonds is 8. The van der Waals surface area contributed by atoms with Crippen LogP contribution in [0.4, 0.5) is 5.69 Å². The zero-order valence-electron chi connectivity index (χ0n) is 13.7. The smallest absolute Gasteiger partial charge is 0.338 e. The molecule has 0 fully saturated rings. The van der Waals surface area contributed by atoms with Gasteiger partial charge in [0.25, 0.3) is 0 Å². The zero-order chi connectivity index (χ0) is 17.2. The Hall–Kier alpha value is -2.27. The van der Waals surface area contributed by atoms with Crippen LogP contribution in [0.1, 0.15) is 29.3 Å². The van der Waals surface area contributed by atoms with Crippen LogP contribution < -0.4 is 5.32 Å². The highest BCUT2D eigenvalue weighted by Gasteiger charge is 2.07. The first-order valence-corrected chi connectivity index (χ1v) is 9.03. The lowest BCUT2D eigenvalue weighted by Gasteiger charge is -2.06. The van der Waals surface area contributed by atoms with E-state index < -0.39 is 0 Å². The molecule has 24 heavy (non-hydrogen) atoms. The van der Waals surface area contributed by atoms with Crippen molar-refractivity contribution in [3.05, 3.63) is 65.7 Å². The van der Waals surface area contributed by atoms with Gasteiger partial charge in [0.15, 0.2) is 0 Å². The number of hydrogen-bond acceptors (Lipinski definition) is 4. The quantitative estimate of drug-likeness (QED) is 0.732. The van der Waals surface area contributed by atoms with E-state index >= 15 is 0 Å². The molecule has 0 saturated heterocycles. The van der Waals surface area contributed by atoms with Gasteiger partial charge in [-0.15, -0.1) is 11.8 Å². The lowest BCUT2D eigenvalue weighted by atomic mass is 10.1. The van der Waals surface area contributed by atoms with Crippen LogP contribution in [0.2, 0.25) is 0 Å². The minimum Gasteiger partial charge on any atom is -0.462 e. The van der Waals surface area contributed by atoms with E-state index in [9.17, 15) is 9.59 Å². The number of anilines is 1.